The van der Waals surface area contributed by atoms with Crippen LogP contribution in [-0.2, 0) is 0 Å². The first-order valence-electron chi connectivity index (χ1n) is 4.85. The molecule has 0 spiro atoms. The molecule has 0 atom stereocenters. The number of hydrogen-bond donors (Lipinski definition) is 0. The maximum atomic E-state index is 2.21. The van der Waals surface area contributed by atoms with Crippen LogP contribution >= 0.6 is 0 Å². The Bertz CT molecular complexity index is 143. The second-order valence-electron chi connectivity index (χ2n) is 3.31. The van der Waals surface area contributed by atoms with Crippen molar-refractivity contribution in [3.05, 3.63) is 23.3 Å². The van der Waals surface area contributed by atoms with Gasteiger partial charge in [0.15, 0.2) is 0 Å². The molecule has 0 aromatic rings. The highest BCUT2D eigenvalue weighted by Gasteiger charge is 1.92. The molecule has 0 aromatic heterocycles. The second-order valence-corrected chi connectivity index (χ2v) is 3.31. The summed E-state index contributed by atoms with van der Waals surface area (Å²) in [5.41, 5.74) is 2.81. The van der Waals surface area contributed by atoms with E-state index in [-0.39, 0.29) is 0 Å². The fourth-order valence-corrected chi connectivity index (χ4v) is 0.491. The number of allylic oxidation sites excluding steroid dienone is 4. The monoisotopic (exact) mass is 168 g/mol. The van der Waals surface area contributed by atoms with Gasteiger partial charge in [-0.2, -0.15) is 0 Å². The van der Waals surface area contributed by atoms with Crippen LogP contribution in [0.25, 0.3) is 0 Å². The highest BCUT2D eigenvalue weighted by atomic mass is 14.0. The molecule has 0 fully saturated rings. The largest absolute Gasteiger partial charge is 0.0764 e. The Morgan fingerprint density at radius 3 is 1.58 bits per heavy atom. The SMILES string of the molecule is CC.CC(C)=C/C=C(\C)C(C)C. The lowest BCUT2D eigenvalue weighted by atomic mass is 10.0. The van der Waals surface area contributed by atoms with Gasteiger partial charge >= 0.3 is 0 Å². The van der Waals surface area contributed by atoms with Gasteiger partial charge in [0.2, 0.25) is 0 Å². The minimum absolute atomic E-state index is 0.676. The average Bonchev–Trinajstić information content (AvgIpc) is 2.03. The van der Waals surface area contributed by atoms with E-state index in [1.807, 2.05) is 13.8 Å². The van der Waals surface area contributed by atoms with E-state index in [4.69, 9.17) is 0 Å². The van der Waals surface area contributed by atoms with Gasteiger partial charge in [0.1, 0.15) is 0 Å². The molecule has 0 N–H and O–H groups in total. The van der Waals surface area contributed by atoms with E-state index in [1.54, 1.807) is 0 Å². The third-order valence-electron chi connectivity index (χ3n) is 1.59. The number of rotatable bonds is 2. The lowest BCUT2D eigenvalue weighted by Crippen LogP contribution is -1.86. The summed E-state index contributed by atoms with van der Waals surface area (Å²) in [6, 6.07) is 0. The summed E-state index contributed by atoms with van der Waals surface area (Å²) in [5, 5.41) is 0. The maximum absolute atomic E-state index is 2.21. The van der Waals surface area contributed by atoms with Gasteiger partial charge in [0, 0.05) is 0 Å². The molecule has 0 heteroatoms. The summed E-state index contributed by atoms with van der Waals surface area (Å²) >= 11 is 0. The van der Waals surface area contributed by atoms with Crippen molar-refractivity contribution in [2.45, 2.75) is 48.5 Å². The van der Waals surface area contributed by atoms with Gasteiger partial charge in [-0.3, -0.25) is 0 Å². The maximum Gasteiger partial charge on any atom is -0.0260 e. The van der Waals surface area contributed by atoms with Gasteiger partial charge in [-0.1, -0.05) is 51.0 Å². The summed E-state index contributed by atoms with van der Waals surface area (Å²) in [4.78, 5) is 0. The van der Waals surface area contributed by atoms with Crippen LogP contribution in [-0.4, -0.2) is 0 Å². The standard InChI is InChI=1S/C10H18.C2H6/c1-8(2)6-7-10(5)9(3)4;1-2/h6-7,9H,1-5H3;1-2H3/b10-7+;. The van der Waals surface area contributed by atoms with Crippen LogP contribution in [0.3, 0.4) is 0 Å². The highest BCUT2D eigenvalue weighted by molar-refractivity contribution is 5.15. The van der Waals surface area contributed by atoms with Crippen molar-refractivity contribution in [1.29, 1.82) is 0 Å². The van der Waals surface area contributed by atoms with Crippen LogP contribution < -0.4 is 0 Å². The van der Waals surface area contributed by atoms with Gasteiger partial charge in [-0.05, 0) is 26.7 Å². The predicted molar refractivity (Wildman–Crippen MR) is 59.4 cm³/mol. The van der Waals surface area contributed by atoms with E-state index in [0.717, 1.165) is 0 Å². The molecule has 0 saturated heterocycles. The van der Waals surface area contributed by atoms with Gasteiger partial charge in [0.05, 0.1) is 0 Å². The Kier molecular flexibility index (Phi) is 10.0. The zero-order chi connectivity index (χ0) is 10.1. The van der Waals surface area contributed by atoms with Crippen molar-refractivity contribution in [3.8, 4) is 0 Å². The zero-order valence-electron chi connectivity index (χ0n) is 9.73. The smallest absolute Gasteiger partial charge is 0.0260 e. The highest BCUT2D eigenvalue weighted by Crippen LogP contribution is 2.08. The van der Waals surface area contributed by atoms with E-state index in [2.05, 4.69) is 46.8 Å². The van der Waals surface area contributed by atoms with E-state index in [9.17, 15) is 0 Å². The van der Waals surface area contributed by atoms with Crippen molar-refractivity contribution in [3.63, 3.8) is 0 Å². The summed E-state index contributed by atoms with van der Waals surface area (Å²) in [6.07, 6.45) is 4.36. The molecule has 0 unspecified atom stereocenters. The molecule has 0 amide bonds. The Morgan fingerprint density at radius 2 is 1.33 bits per heavy atom. The van der Waals surface area contributed by atoms with E-state index < -0.39 is 0 Å². The van der Waals surface area contributed by atoms with Crippen LogP contribution in [0, 0.1) is 5.92 Å². The lowest BCUT2D eigenvalue weighted by Gasteiger charge is -2.01. The fourth-order valence-electron chi connectivity index (χ4n) is 0.491. The van der Waals surface area contributed by atoms with Crippen molar-refractivity contribution in [2.24, 2.45) is 5.92 Å². The van der Waals surface area contributed by atoms with Gasteiger partial charge < -0.3 is 0 Å². The predicted octanol–water partition coefficient (Wildman–Crippen LogP) is 4.58. The van der Waals surface area contributed by atoms with Crippen molar-refractivity contribution in [2.75, 3.05) is 0 Å². The van der Waals surface area contributed by atoms with Crippen molar-refractivity contribution < 1.29 is 0 Å². The number of hydrogen-bond acceptors (Lipinski definition) is 0. The summed E-state index contributed by atoms with van der Waals surface area (Å²) in [6.45, 7) is 14.8. The molecular weight excluding hydrogens is 144 g/mol. The summed E-state index contributed by atoms with van der Waals surface area (Å²) < 4.78 is 0. The van der Waals surface area contributed by atoms with Gasteiger partial charge in [-0.25, -0.2) is 0 Å². The molecule has 0 bridgehead atoms. The molecular formula is C12H24. The topological polar surface area (TPSA) is 0 Å². The Labute approximate surface area is 78.4 Å². The van der Waals surface area contributed by atoms with E-state index in [1.165, 1.54) is 11.1 Å². The molecule has 0 heterocycles. The van der Waals surface area contributed by atoms with Crippen LogP contribution in [0.2, 0.25) is 0 Å². The Morgan fingerprint density at radius 1 is 0.917 bits per heavy atom. The molecule has 0 aliphatic heterocycles. The van der Waals surface area contributed by atoms with E-state index in [0.29, 0.717) is 5.92 Å². The molecule has 0 rings (SSSR count). The Balaban J connectivity index is 0. The normalized spacial score (nSPS) is 10.5. The van der Waals surface area contributed by atoms with Crippen LogP contribution in [0.5, 0.6) is 0 Å². The average molecular weight is 168 g/mol. The molecule has 0 aliphatic rings. The lowest BCUT2D eigenvalue weighted by molar-refractivity contribution is 0.769. The van der Waals surface area contributed by atoms with E-state index >= 15 is 0 Å². The molecule has 12 heavy (non-hydrogen) atoms. The van der Waals surface area contributed by atoms with Gasteiger partial charge in [0.25, 0.3) is 0 Å². The second kappa shape index (κ2) is 8.58. The molecule has 0 aromatic carbocycles. The van der Waals surface area contributed by atoms with Crippen molar-refractivity contribution in [1.82, 2.24) is 0 Å². The summed E-state index contributed by atoms with van der Waals surface area (Å²) in [7, 11) is 0. The van der Waals surface area contributed by atoms with Crippen LogP contribution in [0.1, 0.15) is 48.5 Å². The minimum Gasteiger partial charge on any atom is -0.0764 e. The molecule has 0 radical (unpaired) electrons. The zero-order valence-corrected chi connectivity index (χ0v) is 9.73. The molecule has 0 nitrogen and oxygen atoms in total. The first kappa shape index (κ1) is 14.0. The van der Waals surface area contributed by atoms with Crippen LogP contribution in [0.15, 0.2) is 23.3 Å². The minimum atomic E-state index is 0.676. The third kappa shape index (κ3) is 9.48. The van der Waals surface area contributed by atoms with Crippen LogP contribution in [0.4, 0.5) is 0 Å². The quantitative estimate of drug-likeness (QED) is 0.529. The summed E-state index contributed by atoms with van der Waals surface area (Å²) in [5.74, 6) is 0.676. The first-order valence-corrected chi connectivity index (χ1v) is 4.85. The third-order valence-corrected chi connectivity index (χ3v) is 1.59. The van der Waals surface area contributed by atoms with Crippen molar-refractivity contribution >= 4 is 0 Å². The first-order chi connectivity index (χ1) is 5.54. The molecule has 0 aliphatic carbocycles. The Hall–Kier alpha value is -0.520. The molecule has 72 valence electrons. The fraction of sp³-hybridized carbons (Fsp3) is 0.667. The molecule has 0 saturated carbocycles. The van der Waals surface area contributed by atoms with Gasteiger partial charge in [-0.15, -0.1) is 0 Å².